The minimum absolute atomic E-state index is 0.0283. The van der Waals surface area contributed by atoms with E-state index in [0.717, 1.165) is 5.56 Å². The monoisotopic (exact) mass is 399 g/mol. The summed E-state index contributed by atoms with van der Waals surface area (Å²) in [5, 5.41) is 21.4. The van der Waals surface area contributed by atoms with Crippen molar-refractivity contribution in [2.75, 3.05) is 0 Å². The zero-order chi connectivity index (χ0) is 19.9. The highest BCUT2D eigenvalue weighted by molar-refractivity contribution is 7.89. The van der Waals surface area contributed by atoms with Gasteiger partial charge in [0.1, 0.15) is 5.54 Å². The Morgan fingerprint density at radius 3 is 2.43 bits per heavy atom. The minimum Gasteiger partial charge on any atom is -0.480 e. The van der Waals surface area contributed by atoms with Gasteiger partial charge in [-0.3, -0.25) is 4.79 Å². The van der Waals surface area contributed by atoms with Crippen molar-refractivity contribution in [1.29, 1.82) is 0 Å². The third-order valence-corrected chi connectivity index (χ3v) is 6.32. The molecule has 0 spiro atoms. The van der Waals surface area contributed by atoms with E-state index in [1.54, 1.807) is 43.4 Å². The number of sulfonamides is 1. The van der Waals surface area contributed by atoms with Gasteiger partial charge in [0.15, 0.2) is 0 Å². The first-order valence-electron chi connectivity index (χ1n) is 8.48. The van der Waals surface area contributed by atoms with Crippen LogP contribution in [0.25, 0.3) is 11.4 Å². The molecule has 144 valence electrons. The average Bonchev–Trinajstić information content (AvgIpc) is 3.24. The van der Waals surface area contributed by atoms with E-state index >= 15 is 0 Å². The molecule has 2 unspecified atom stereocenters. The molecule has 4 rings (SSSR count). The highest BCUT2D eigenvalue weighted by Gasteiger charge is 2.63. The fraction of sp³-hybridized carbons (Fsp3) is 0.222. The molecular weight excluding hydrogens is 382 g/mol. The van der Waals surface area contributed by atoms with Crippen LogP contribution in [0.15, 0.2) is 59.5 Å². The van der Waals surface area contributed by atoms with Crippen LogP contribution in [0, 0.1) is 0 Å². The summed E-state index contributed by atoms with van der Waals surface area (Å²) in [4.78, 5) is 13.1. The minimum atomic E-state index is -4.03. The third-order valence-electron chi connectivity index (χ3n) is 4.79. The van der Waals surface area contributed by atoms with Crippen LogP contribution in [0.4, 0.5) is 0 Å². The van der Waals surface area contributed by atoms with Gasteiger partial charge in [-0.15, -0.1) is 10.2 Å². The van der Waals surface area contributed by atoms with Crippen molar-refractivity contribution >= 4 is 16.0 Å². The van der Waals surface area contributed by atoms with Gasteiger partial charge in [0.25, 0.3) is 0 Å². The van der Waals surface area contributed by atoms with E-state index in [4.69, 9.17) is 0 Å². The molecule has 0 saturated heterocycles. The summed E-state index contributed by atoms with van der Waals surface area (Å²) in [7, 11) is -2.40. The summed E-state index contributed by atoms with van der Waals surface area (Å²) >= 11 is 0. The first-order valence-corrected chi connectivity index (χ1v) is 9.97. The van der Waals surface area contributed by atoms with E-state index in [1.807, 2.05) is 6.07 Å². The molecule has 10 heteroatoms. The number of nitrogens with one attached hydrogen (secondary N) is 1. The van der Waals surface area contributed by atoms with Crippen LogP contribution in [0.3, 0.4) is 0 Å². The van der Waals surface area contributed by atoms with Crippen molar-refractivity contribution in [3.8, 4) is 11.4 Å². The molecule has 1 aliphatic rings. The Morgan fingerprint density at radius 1 is 1.18 bits per heavy atom. The van der Waals surface area contributed by atoms with E-state index in [2.05, 4.69) is 20.1 Å². The summed E-state index contributed by atoms with van der Waals surface area (Å²) < 4.78 is 28.0. The van der Waals surface area contributed by atoms with Crippen LogP contribution in [0.5, 0.6) is 0 Å². The number of rotatable bonds is 6. The summed E-state index contributed by atoms with van der Waals surface area (Å²) in [6.07, 6.45) is 0.202. The Bertz CT molecular complexity index is 1130. The van der Waals surface area contributed by atoms with Gasteiger partial charge in [-0.25, -0.2) is 8.42 Å². The number of carboxylic acids is 1. The average molecular weight is 399 g/mol. The number of nitrogens with zero attached hydrogens (tertiary/aromatic N) is 4. The second-order valence-corrected chi connectivity index (χ2v) is 8.36. The van der Waals surface area contributed by atoms with Gasteiger partial charge < -0.3 is 5.11 Å². The standard InChI is InChI=1S/C18H17N5O4S/c1-23-20-16(19-22-23)13-7-9-14(10-8-13)28(26,27)21-18(17(24)25)11-15(18)12-5-3-2-4-6-12/h2-10,15,21H,11H2,1H3,(H,24,25). The van der Waals surface area contributed by atoms with Crippen LogP contribution in [0.1, 0.15) is 17.9 Å². The molecule has 1 aliphatic carbocycles. The van der Waals surface area contributed by atoms with Crippen molar-refractivity contribution in [3.05, 3.63) is 60.2 Å². The fourth-order valence-electron chi connectivity index (χ4n) is 3.23. The van der Waals surface area contributed by atoms with E-state index in [1.165, 1.54) is 16.9 Å². The SMILES string of the molecule is Cn1nnc(-c2ccc(S(=O)(=O)NC3(C(=O)O)CC3c3ccccc3)cc2)n1. The molecule has 28 heavy (non-hydrogen) atoms. The quantitative estimate of drug-likeness (QED) is 0.637. The van der Waals surface area contributed by atoms with Gasteiger partial charge in [0.2, 0.25) is 15.8 Å². The lowest BCUT2D eigenvalue weighted by Gasteiger charge is -2.15. The molecule has 2 atom stereocenters. The number of benzene rings is 2. The molecule has 1 saturated carbocycles. The molecule has 3 aromatic rings. The van der Waals surface area contributed by atoms with Crippen molar-refractivity contribution in [3.63, 3.8) is 0 Å². The summed E-state index contributed by atoms with van der Waals surface area (Å²) in [6.45, 7) is 0. The van der Waals surface area contributed by atoms with Gasteiger partial charge in [-0.2, -0.15) is 9.52 Å². The Balaban J connectivity index is 1.59. The van der Waals surface area contributed by atoms with E-state index in [0.29, 0.717) is 11.4 Å². The highest BCUT2D eigenvalue weighted by Crippen LogP contribution is 2.52. The molecule has 1 heterocycles. The number of hydrogen-bond acceptors (Lipinski definition) is 6. The number of aromatic nitrogens is 4. The predicted molar refractivity (Wildman–Crippen MR) is 98.7 cm³/mol. The summed E-state index contributed by atoms with van der Waals surface area (Å²) in [5.74, 6) is -1.23. The maximum atomic E-state index is 12.8. The largest absolute Gasteiger partial charge is 0.480 e. The van der Waals surface area contributed by atoms with Crippen LogP contribution in [-0.2, 0) is 21.9 Å². The molecule has 0 bridgehead atoms. The lowest BCUT2D eigenvalue weighted by atomic mass is 10.1. The second-order valence-electron chi connectivity index (χ2n) is 6.68. The zero-order valence-corrected chi connectivity index (χ0v) is 15.7. The Labute approximate surface area is 161 Å². The van der Waals surface area contributed by atoms with Gasteiger partial charge in [0.05, 0.1) is 11.9 Å². The number of hydrogen-bond donors (Lipinski definition) is 2. The van der Waals surface area contributed by atoms with Crippen LogP contribution >= 0.6 is 0 Å². The molecule has 0 radical (unpaired) electrons. The zero-order valence-electron chi connectivity index (χ0n) is 14.8. The first kappa shape index (κ1) is 18.3. The Hall–Kier alpha value is -3.11. The second kappa shape index (κ2) is 6.50. The van der Waals surface area contributed by atoms with Crippen LogP contribution < -0.4 is 4.72 Å². The summed E-state index contributed by atoms with van der Waals surface area (Å²) in [6, 6.07) is 14.9. The molecule has 1 fully saturated rings. The van der Waals surface area contributed by atoms with Crippen LogP contribution in [0.2, 0.25) is 0 Å². The maximum Gasteiger partial charge on any atom is 0.325 e. The number of carbonyl (C=O) groups is 1. The molecule has 1 aromatic heterocycles. The van der Waals surface area contributed by atoms with Crippen molar-refractivity contribution < 1.29 is 18.3 Å². The fourth-order valence-corrected chi connectivity index (χ4v) is 4.63. The van der Waals surface area contributed by atoms with E-state index in [-0.39, 0.29) is 11.3 Å². The topological polar surface area (TPSA) is 127 Å². The molecular formula is C18H17N5O4S. The van der Waals surface area contributed by atoms with Gasteiger partial charge in [-0.05, 0) is 41.5 Å². The van der Waals surface area contributed by atoms with E-state index < -0.39 is 27.4 Å². The van der Waals surface area contributed by atoms with Crippen molar-refractivity contribution in [2.45, 2.75) is 22.8 Å². The molecule has 2 N–H and O–H groups in total. The molecule has 0 amide bonds. The number of carboxylic acid groups (broad SMARTS) is 1. The Kier molecular flexibility index (Phi) is 4.24. The van der Waals surface area contributed by atoms with Gasteiger partial charge in [0, 0.05) is 11.5 Å². The van der Waals surface area contributed by atoms with E-state index in [9.17, 15) is 18.3 Å². The highest BCUT2D eigenvalue weighted by atomic mass is 32.2. The maximum absolute atomic E-state index is 12.8. The number of aryl methyl sites for hydroxylation is 1. The predicted octanol–water partition coefficient (Wildman–Crippen LogP) is 1.17. The third kappa shape index (κ3) is 3.16. The molecule has 0 aliphatic heterocycles. The lowest BCUT2D eigenvalue weighted by molar-refractivity contribution is -0.140. The van der Waals surface area contributed by atoms with Crippen molar-refractivity contribution in [2.24, 2.45) is 7.05 Å². The molecule has 2 aromatic carbocycles. The first-order chi connectivity index (χ1) is 13.3. The van der Waals surface area contributed by atoms with Gasteiger partial charge >= 0.3 is 5.97 Å². The molecule has 9 nitrogen and oxygen atoms in total. The number of tetrazole rings is 1. The lowest BCUT2D eigenvalue weighted by Crippen LogP contribution is -2.44. The van der Waals surface area contributed by atoms with Crippen LogP contribution in [-0.4, -0.2) is 45.2 Å². The van der Waals surface area contributed by atoms with Gasteiger partial charge in [-0.1, -0.05) is 30.3 Å². The normalized spacial score (nSPS) is 21.4. The van der Waals surface area contributed by atoms with Crippen molar-refractivity contribution in [1.82, 2.24) is 24.9 Å². The number of aliphatic carboxylic acids is 1. The Morgan fingerprint density at radius 2 is 1.86 bits per heavy atom. The smallest absolute Gasteiger partial charge is 0.325 e. The summed E-state index contributed by atoms with van der Waals surface area (Å²) in [5.41, 5.74) is -0.143.